The van der Waals surface area contributed by atoms with Crippen molar-refractivity contribution in [2.45, 2.75) is 38.5 Å². The normalized spacial score (nSPS) is 25.3. The fourth-order valence-electron chi connectivity index (χ4n) is 4.32. The van der Waals surface area contributed by atoms with Crippen LogP contribution >= 0.6 is 0 Å². The van der Waals surface area contributed by atoms with Crippen LogP contribution in [0.5, 0.6) is 0 Å². The molecule has 0 aliphatic heterocycles. The van der Waals surface area contributed by atoms with Crippen LogP contribution in [0.25, 0.3) is 5.69 Å². The van der Waals surface area contributed by atoms with Gasteiger partial charge in [0.1, 0.15) is 17.3 Å². The number of anilines is 1. The molecule has 1 heterocycles. The molecule has 2 aromatic rings. The molecule has 1 unspecified atom stereocenters. The van der Waals surface area contributed by atoms with Crippen molar-refractivity contribution in [3.05, 3.63) is 41.1 Å². The van der Waals surface area contributed by atoms with Crippen molar-refractivity contribution in [1.82, 2.24) is 9.78 Å². The number of nitrogen functional groups attached to an aromatic ring is 1. The van der Waals surface area contributed by atoms with Crippen LogP contribution in [0.15, 0.2) is 18.2 Å². The summed E-state index contributed by atoms with van der Waals surface area (Å²) in [5.41, 5.74) is 8.57. The zero-order chi connectivity index (χ0) is 14.9. The van der Waals surface area contributed by atoms with E-state index in [0.29, 0.717) is 17.7 Å². The number of halogens is 2. The molecule has 2 aliphatic carbocycles. The largest absolute Gasteiger partial charge is 0.382 e. The summed E-state index contributed by atoms with van der Waals surface area (Å²) in [6.07, 6.45) is 2.17. The first-order valence-electron chi connectivity index (χ1n) is 7.25. The number of nitrogens with zero attached hydrogens (tertiary/aromatic N) is 2. The van der Waals surface area contributed by atoms with Crippen molar-refractivity contribution in [2.75, 3.05) is 5.73 Å². The summed E-state index contributed by atoms with van der Waals surface area (Å²) in [5, 5.41) is 4.33. The van der Waals surface area contributed by atoms with E-state index in [2.05, 4.69) is 18.9 Å². The monoisotopic (exact) mass is 289 g/mol. The second-order valence-electron chi connectivity index (χ2n) is 6.70. The van der Waals surface area contributed by atoms with Gasteiger partial charge in [0, 0.05) is 17.5 Å². The van der Waals surface area contributed by atoms with E-state index in [0.717, 1.165) is 30.2 Å². The van der Waals surface area contributed by atoms with E-state index in [1.807, 2.05) is 0 Å². The van der Waals surface area contributed by atoms with Crippen LogP contribution in [0.1, 0.15) is 49.8 Å². The average Bonchev–Trinajstić information content (AvgIpc) is 2.97. The van der Waals surface area contributed by atoms with Crippen molar-refractivity contribution < 1.29 is 8.78 Å². The van der Waals surface area contributed by atoms with Crippen LogP contribution in [0.3, 0.4) is 0 Å². The molecule has 4 rings (SSSR count). The van der Waals surface area contributed by atoms with Crippen molar-refractivity contribution in [1.29, 1.82) is 0 Å². The van der Waals surface area contributed by atoms with Crippen LogP contribution in [0.2, 0.25) is 0 Å². The number of rotatable bonds is 1. The zero-order valence-electron chi connectivity index (χ0n) is 12.0. The van der Waals surface area contributed by atoms with E-state index in [9.17, 15) is 8.78 Å². The third-order valence-corrected chi connectivity index (χ3v) is 5.34. The number of aromatic nitrogens is 2. The molecule has 0 radical (unpaired) electrons. The minimum Gasteiger partial charge on any atom is -0.382 e. The van der Waals surface area contributed by atoms with Gasteiger partial charge in [0.2, 0.25) is 0 Å². The fourth-order valence-corrected chi connectivity index (χ4v) is 4.32. The van der Waals surface area contributed by atoms with Gasteiger partial charge in [0.05, 0.1) is 5.69 Å². The highest BCUT2D eigenvalue weighted by molar-refractivity contribution is 5.56. The highest BCUT2D eigenvalue weighted by Crippen LogP contribution is 2.65. The van der Waals surface area contributed by atoms with Gasteiger partial charge in [-0.3, -0.25) is 0 Å². The third-order valence-electron chi connectivity index (χ3n) is 5.34. The highest BCUT2D eigenvalue weighted by Gasteiger charge is 2.55. The highest BCUT2D eigenvalue weighted by atomic mass is 19.1. The summed E-state index contributed by atoms with van der Waals surface area (Å²) < 4.78 is 28.8. The molecule has 0 spiro atoms. The summed E-state index contributed by atoms with van der Waals surface area (Å²) in [7, 11) is 0. The van der Waals surface area contributed by atoms with Gasteiger partial charge in [0.15, 0.2) is 5.82 Å². The lowest BCUT2D eigenvalue weighted by atomic mass is 9.80. The summed E-state index contributed by atoms with van der Waals surface area (Å²) in [6.45, 7) is 4.47. The molecular formula is C16H17F2N3. The molecule has 1 saturated carbocycles. The van der Waals surface area contributed by atoms with Gasteiger partial charge < -0.3 is 5.73 Å². The predicted molar refractivity (Wildman–Crippen MR) is 76.4 cm³/mol. The summed E-state index contributed by atoms with van der Waals surface area (Å²) >= 11 is 0. The Morgan fingerprint density at radius 3 is 2.67 bits per heavy atom. The van der Waals surface area contributed by atoms with E-state index in [1.165, 1.54) is 12.1 Å². The maximum Gasteiger partial charge on any atom is 0.151 e. The first kappa shape index (κ1) is 12.8. The fraction of sp³-hybridized carbons (Fsp3) is 0.438. The van der Waals surface area contributed by atoms with Gasteiger partial charge in [-0.15, -0.1) is 0 Å². The van der Waals surface area contributed by atoms with Gasteiger partial charge in [-0.25, -0.2) is 13.5 Å². The maximum atomic E-state index is 14.1. The number of fused-ring (bicyclic) bond motifs is 5. The van der Waals surface area contributed by atoms with Crippen LogP contribution in [0.4, 0.5) is 14.6 Å². The molecule has 1 fully saturated rings. The van der Waals surface area contributed by atoms with Crippen molar-refractivity contribution >= 4 is 5.82 Å². The van der Waals surface area contributed by atoms with E-state index in [-0.39, 0.29) is 11.1 Å². The molecule has 1 aromatic carbocycles. The molecule has 2 N–H and O–H groups in total. The zero-order valence-corrected chi connectivity index (χ0v) is 12.0. The number of benzene rings is 1. The lowest BCUT2D eigenvalue weighted by Crippen LogP contribution is -2.17. The lowest BCUT2D eigenvalue weighted by Gasteiger charge is -2.25. The summed E-state index contributed by atoms with van der Waals surface area (Å²) in [6, 6.07) is 3.56. The molecule has 2 bridgehead atoms. The Morgan fingerprint density at radius 2 is 1.95 bits per heavy atom. The van der Waals surface area contributed by atoms with E-state index in [1.54, 1.807) is 4.68 Å². The van der Waals surface area contributed by atoms with Gasteiger partial charge in [-0.2, -0.15) is 5.10 Å². The first-order valence-corrected chi connectivity index (χ1v) is 7.25. The third kappa shape index (κ3) is 1.49. The van der Waals surface area contributed by atoms with E-state index >= 15 is 0 Å². The molecule has 110 valence electrons. The number of hydrogen-bond acceptors (Lipinski definition) is 2. The Bertz CT molecular complexity index is 748. The average molecular weight is 289 g/mol. The molecular weight excluding hydrogens is 272 g/mol. The quantitative estimate of drug-likeness (QED) is 0.869. The van der Waals surface area contributed by atoms with Crippen molar-refractivity contribution in [3.8, 4) is 5.69 Å². The Labute approximate surface area is 121 Å². The SMILES string of the molecule is CC1(C)C2CC[C@@H]1c1c2c(N)nn1-c1ccc(F)cc1F. The standard InChI is InChI=1S/C16H17F2N3/c1-16(2)9-4-5-10(16)14-13(9)15(19)20-21(14)12-6-3-8(17)7-11(12)18/h3,6-7,9-10H,4-5H2,1-2H3,(H2,19,20)/t9?,10-/m1/s1. The Kier molecular flexibility index (Phi) is 2.34. The minimum absolute atomic E-state index is 0.125. The Balaban J connectivity index is 1.95. The molecule has 1 aromatic heterocycles. The Hall–Kier alpha value is -1.91. The van der Waals surface area contributed by atoms with Crippen LogP contribution in [0, 0.1) is 17.0 Å². The first-order chi connectivity index (χ1) is 9.91. The topological polar surface area (TPSA) is 43.8 Å². The minimum atomic E-state index is -0.610. The van der Waals surface area contributed by atoms with E-state index in [4.69, 9.17) is 5.73 Å². The number of nitrogens with two attached hydrogens (primary N) is 1. The van der Waals surface area contributed by atoms with E-state index < -0.39 is 11.6 Å². The molecule has 5 heteroatoms. The van der Waals surface area contributed by atoms with Crippen molar-refractivity contribution in [3.63, 3.8) is 0 Å². The molecule has 0 saturated heterocycles. The molecule has 2 aliphatic rings. The second-order valence-corrected chi connectivity index (χ2v) is 6.70. The molecule has 2 atom stereocenters. The Morgan fingerprint density at radius 1 is 1.24 bits per heavy atom. The summed E-state index contributed by atoms with van der Waals surface area (Å²) in [4.78, 5) is 0. The number of hydrogen-bond donors (Lipinski definition) is 1. The molecule has 3 nitrogen and oxygen atoms in total. The smallest absolute Gasteiger partial charge is 0.151 e. The molecule has 21 heavy (non-hydrogen) atoms. The van der Waals surface area contributed by atoms with Gasteiger partial charge in [-0.1, -0.05) is 13.8 Å². The van der Waals surface area contributed by atoms with Crippen LogP contribution in [-0.4, -0.2) is 9.78 Å². The van der Waals surface area contributed by atoms with Crippen LogP contribution < -0.4 is 5.73 Å². The van der Waals surface area contributed by atoms with Crippen LogP contribution in [-0.2, 0) is 0 Å². The van der Waals surface area contributed by atoms with Gasteiger partial charge in [-0.05, 0) is 36.3 Å². The lowest BCUT2D eigenvalue weighted by molar-refractivity contribution is 0.319. The van der Waals surface area contributed by atoms with Gasteiger partial charge >= 0.3 is 0 Å². The predicted octanol–water partition coefficient (Wildman–Crippen LogP) is 3.73. The molecule has 0 amide bonds. The van der Waals surface area contributed by atoms with Crippen molar-refractivity contribution in [2.24, 2.45) is 5.41 Å². The summed E-state index contributed by atoms with van der Waals surface area (Å²) in [5.74, 6) is -0.00809. The van der Waals surface area contributed by atoms with Gasteiger partial charge in [0.25, 0.3) is 0 Å². The maximum absolute atomic E-state index is 14.1. The second kappa shape index (κ2) is 3.84.